The normalized spacial score (nSPS) is 9.87. The zero-order chi connectivity index (χ0) is 10.9. The van der Waals surface area contributed by atoms with Crippen LogP contribution in [0.5, 0.6) is 0 Å². The van der Waals surface area contributed by atoms with Crippen LogP contribution < -0.4 is 5.32 Å². The van der Waals surface area contributed by atoms with E-state index in [2.05, 4.69) is 42.4 Å². The second-order valence-corrected chi connectivity index (χ2v) is 3.80. The van der Waals surface area contributed by atoms with E-state index >= 15 is 0 Å². The average molecular weight is 201 g/mol. The summed E-state index contributed by atoms with van der Waals surface area (Å²) in [4.78, 5) is 0. The van der Waals surface area contributed by atoms with Crippen molar-refractivity contribution < 1.29 is 0 Å². The molecule has 0 aliphatic carbocycles. The molecule has 0 saturated carbocycles. The van der Waals surface area contributed by atoms with Gasteiger partial charge in [-0.15, -0.1) is 12.3 Å². The van der Waals surface area contributed by atoms with E-state index in [0.717, 1.165) is 32.4 Å². The maximum absolute atomic E-state index is 5.17. The summed E-state index contributed by atoms with van der Waals surface area (Å²) in [5.74, 6) is 2.64. The van der Waals surface area contributed by atoms with Gasteiger partial charge in [0.05, 0.1) is 0 Å². The van der Waals surface area contributed by atoms with Crippen molar-refractivity contribution in [2.45, 2.75) is 26.2 Å². The zero-order valence-electron chi connectivity index (χ0n) is 9.42. The Bertz CT molecular complexity index is 322. The van der Waals surface area contributed by atoms with E-state index in [1.54, 1.807) is 0 Å². The Labute approximate surface area is 92.9 Å². The van der Waals surface area contributed by atoms with Crippen LogP contribution in [0.3, 0.4) is 0 Å². The molecule has 0 fully saturated rings. The summed E-state index contributed by atoms with van der Waals surface area (Å²) in [7, 11) is 0. The summed E-state index contributed by atoms with van der Waals surface area (Å²) in [6, 6.07) is 8.66. The highest BCUT2D eigenvalue weighted by Gasteiger charge is 1.92. The van der Waals surface area contributed by atoms with Crippen molar-refractivity contribution in [2.75, 3.05) is 13.1 Å². The second-order valence-electron chi connectivity index (χ2n) is 3.80. The first-order valence-electron chi connectivity index (χ1n) is 5.52. The quantitative estimate of drug-likeness (QED) is 0.551. The fraction of sp³-hybridized carbons (Fsp3) is 0.429. The summed E-state index contributed by atoms with van der Waals surface area (Å²) in [5.41, 5.74) is 2.74. The zero-order valence-corrected chi connectivity index (χ0v) is 9.42. The fourth-order valence-corrected chi connectivity index (χ4v) is 1.54. The smallest absolute Gasteiger partial charge is 0.00981 e. The Hall–Kier alpha value is -1.26. The van der Waals surface area contributed by atoms with Crippen LogP contribution in [0, 0.1) is 19.3 Å². The van der Waals surface area contributed by atoms with Crippen molar-refractivity contribution in [1.29, 1.82) is 0 Å². The van der Waals surface area contributed by atoms with E-state index in [1.807, 2.05) is 0 Å². The summed E-state index contributed by atoms with van der Waals surface area (Å²) in [5, 5.41) is 3.39. The van der Waals surface area contributed by atoms with Gasteiger partial charge in [-0.05, 0) is 38.4 Å². The van der Waals surface area contributed by atoms with E-state index in [-0.39, 0.29) is 0 Å². The van der Waals surface area contributed by atoms with Gasteiger partial charge in [-0.25, -0.2) is 0 Å². The van der Waals surface area contributed by atoms with Crippen molar-refractivity contribution in [3.63, 3.8) is 0 Å². The molecule has 80 valence electrons. The molecule has 0 atom stereocenters. The summed E-state index contributed by atoms with van der Waals surface area (Å²) >= 11 is 0. The molecule has 0 amide bonds. The van der Waals surface area contributed by atoms with E-state index in [4.69, 9.17) is 6.42 Å². The van der Waals surface area contributed by atoms with Gasteiger partial charge >= 0.3 is 0 Å². The highest BCUT2D eigenvalue weighted by atomic mass is 14.8. The maximum Gasteiger partial charge on any atom is 0.00981 e. The van der Waals surface area contributed by atoms with Crippen LogP contribution in [-0.4, -0.2) is 13.1 Å². The van der Waals surface area contributed by atoms with Crippen molar-refractivity contribution in [3.05, 3.63) is 35.4 Å². The minimum atomic E-state index is 0.872. The lowest BCUT2D eigenvalue weighted by Crippen LogP contribution is -2.18. The van der Waals surface area contributed by atoms with Crippen LogP contribution in [0.25, 0.3) is 0 Å². The Kier molecular flexibility index (Phi) is 5.58. The van der Waals surface area contributed by atoms with E-state index in [0.29, 0.717) is 0 Å². The minimum absolute atomic E-state index is 0.872. The number of nitrogens with one attached hydrogen (secondary N) is 1. The van der Waals surface area contributed by atoms with Gasteiger partial charge in [0, 0.05) is 6.42 Å². The fourth-order valence-electron chi connectivity index (χ4n) is 1.54. The van der Waals surface area contributed by atoms with Gasteiger partial charge in [0.2, 0.25) is 0 Å². The lowest BCUT2D eigenvalue weighted by Gasteiger charge is -2.04. The summed E-state index contributed by atoms with van der Waals surface area (Å²) < 4.78 is 0. The molecular formula is C14H19N. The maximum atomic E-state index is 5.17. The molecule has 1 heteroatoms. The van der Waals surface area contributed by atoms with Crippen molar-refractivity contribution >= 4 is 0 Å². The van der Waals surface area contributed by atoms with Gasteiger partial charge in [0.15, 0.2) is 0 Å². The number of aryl methyl sites for hydroxylation is 1. The third kappa shape index (κ3) is 5.24. The largest absolute Gasteiger partial charge is 0.316 e. The Morgan fingerprint density at radius 2 is 2.20 bits per heavy atom. The van der Waals surface area contributed by atoms with E-state index < -0.39 is 0 Å². The van der Waals surface area contributed by atoms with Crippen molar-refractivity contribution in [1.82, 2.24) is 5.32 Å². The number of rotatable bonds is 6. The molecule has 0 spiro atoms. The van der Waals surface area contributed by atoms with Crippen LogP contribution in [-0.2, 0) is 6.42 Å². The number of benzene rings is 1. The summed E-state index contributed by atoms with van der Waals surface area (Å²) in [6.07, 6.45) is 8.21. The monoisotopic (exact) mass is 201 g/mol. The lowest BCUT2D eigenvalue weighted by atomic mass is 10.1. The predicted molar refractivity (Wildman–Crippen MR) is 65.8 cm³/mol. The molecule has 0 bridgehead atoms. The molecule has 15 heavy (non-hydrogen) atoms. The number of hydrogen-bond acceptors (Lipinski definition) is 1. The van der Waals surface area contributed by atoms with Crippen LogP contribution >= 0.6 is 0 Å². The van der Waals surface area contributed by atoms with Crippen LogP contribution in [0.15, 0.2) is 24.3 Å². The molecule has 1 N–H and O–H groups in total. The molecule has 0 saturated heterocycles. The molecular weight excluding hydrogens is 182 g/mol. The number of hydrogen-bond donors (Lipinski definition) is 1. The van der Waals surface area contributed by atoms with Gasteiger partial charge in [0.1, 0.15) is 0 Å². The van der Waals surface area contributed by atoms with Gasteiger partial charge in [0.25, 0.3) is 0 Å². The average Bonchev–Trinajstić information content (AvgIpc) is 2.23. The van der Waals surface area contributed by atoms with Gasteiger partial charge < -0.3 is 5.32 Å². The number of unbranched alkanes of at least 4 members (excludes halogenated alkanes) is 1. The molecule has 0 heterocycles. The molecule has 1 aromatic rings. The molecule has 0 radical (unpaired) electrons. The predicted octanol–water partition coefficient (Wildman–Crippen LogP) is 2.54. The SMILES string of the molecule is C#CCCCNCCc1cccc(C)c1. The Morgan fingerprint density at radius 3 is 2.93 bits per heavy atom. The van der Waals surface area contributed by atoms with Crippen LogP contribution in [0.1, 0.15) is 24.0 Å². The molecule has 0 aliphatic heterocycles. The highest BCUT2D eigenvalue weighted by Crippen LogP contribution is 2.03. The Balaban J connectivity index is 2.13. The third-order valence-corrected chi connectivity index (χ3v) is 2.35. The first-order chi connectivity index (χ1) is 7.33. The molecule has 1 rings (SSSR count). The highest BCUT2D eigenvalue weighted by molar-refractivity contribution is 5.22. The van der Waals surface area contributed by atoms with Crippen LogP contribution in [0.2, 0.25) is 0 Å². The first-order valence-corrected chi connectivity index (χ1v) is 5.52. The minimum Gasteiger partial charge on any atom is -0.316 e. The molecule has 1 aromatic carbocycles. The molecule has 0 aromatic heterocycles. The third-order valence-electron chi connectivity index (χ3n) is 2.35. The first kappa shape index (κ1) is 11.8. The van der Waals surface area contributed by atoms with Crippen molar-refractivity contribution in [3.8, 4) is 12.3 Å². The van der Waals surface area contributed by atoms with E-state index in [9.17, 15) is 0 Å². The number of terminal acetylenes is 1. The van der Waals surface area contributed by atoms with Crippen LogP contribution in [0.4, 0.5) is 0 Å². The molecule has 1 nitrogen and oxygen atoms in total. The topological polar surface area (TPSA) is 12.0 Å². The van der Waals surface area contributed by atoms with Gasteiger partial charge in [-0.1, -0.05) is 29.8 Å². The summed E-state index contributed by atoms with van der Waals surface area (Å²) in [6.45, 7) is 4.19. The lowest BCUT2D eigenvalue weighted by molar-refractivity contribution is 0.656. The standard InChI is InChI=1S/C14H19N/c1-3-4-5-10-15-11-9-14-8-6-7-13(2)12-14/h1,6-8,12,15H,4-5,9-11H2,2H3. The Morgan fingerprint density at radius 1 is 1.33 bits per heavy atom. The van der Waals surface area contributed by atoms with Gasteiger partial charge in [-0.2, -0.15) is 0 Å². The van der Waals surface area contributed by atoms with Gasteiger partial charge in [-0.3, -0.25) is 0 Å². The molecule has 0 unspecified atom stereocenters. The molecule has 0 aliphatic rings. The van der Waals surface area contributed by atoms with Crippen molar-refractivity contribution in [2.24, 2.45) is 0 Å². The van der Waals surface area contributed by atoms with E-state index in [1.165, 1.54) is 11.1 Å². The second kappa shape index (κ2) is 7.09.